The van der Waals surface area contributed by atoms with Gasteiger partial charge in [-0.05, 0) is 26.8 Å². The Balaban J connectivity index is 4.15. The molecule has 14 heavy (non-hydrogen) atoms. The fraction of sp³-hybridized carbons (Fsp3) is 0.556. The van der Waals surface area contributed by atoms with Crippen molar-refractivity contribution in [2.75, 3.05) is 13.2 Å². The Morgan fingerprint density at radius 2 is 1.71 bits per heavy atom. The number of hydrogen-bond acceptors (Lipinski definition) is 4. The highest BCUT2D eigenvalue weighted by molar-refractivity contribution is 7.48. The average molecular weight is 220 g/mol. The molecule has 0 unspecified atom stereocenters. The largest absolute Gasteiger partial charge is 0.529 e. The average Bonchev–Trinajstić information content (AvgIpc) is 2.13. The molecule has 0 aliphatic carbocycles. The molecule has 0 fully saturated rings. The van der Waals surface area contributed by atoms with Gasteiger partial charge in [0.2, 0.25) is 0 Å². The van der Waals surface area contributed by atoms with Gasteiger partial charge in [-0.2, -0.15) is 0 Å². The quantitative estimate of drug-likeness (QED) is 0.375. The van der Waals surface area contributed by atoms with Crippen LogP contribution in [0, 0.1) is 0 Å². The van der Waals surface area contributed by atoms with Gasteiger partial charge in [-0.15, -0.1) is 0 Å². The van der Waals surface area contributed by atoms with E-state index in [1.165, 1.54) is 6.26 Å². The number of phosphoric acid groups is 1. The Kier molecular flexibility index (Phi) is 7.48. The summed E-state index contributed by atoms with van der Waals surface area (Å²) < 4.78 is 26.3. The highest BCUT2D eigenvalue weighted by Crippen LogP contribution is 2.49. The second-order valence-corrected chi connectivity index (χ2v) is 3.86. The maximum atomic E-state index is 11.6. The first-order valence-corrected chi connectivity index (χ1v) is 6.00. The molecule has 82 valence electrons. The number of phosphoric ester groups is 1. The predicted octanol–water partition coefficient (Wildman–Crippen LogP) is 3.27. The number of allylic oxidation sites excluding steroid dienone is 3. The van der Waals surface area contributed by atoms with E-state index in [4.69, 9.17) is 13.6 Å². The normalized spacial score (nSPS) is 12.8. The molecule has 0 radical (unpaired) electrons. The van der Waals surface area contributed by atoms with Crippen molar-refractivity contribution in [1.29, 1.82) is 0 Å². The van der Waals surface area contributed by atoms with Crippen LogP contribution in [-0.4, -0.2) is 13.2 Å². The molecule has 0 heterocycles. The van der Waals surface area contributed by atoms with Crippen molar-refractivity contribution in [3.63, 3.8) is 0 Å². The van der Waals surface area contributed by atoms with Crippen LogP contribution in [0.1, 0.15) is 20.8 Å². The van der Waals surface area contributed by atoms with Crippen LogP contribution in [0.25, 0.3) is 0 Å². The maximum absolute atomic E-state index is 11.6. The monoisotopic (exact) mass is 220 g/mol. The number of hydrogen-bond donors (Lipinski definition) is 0. The van der Waals surface area contributed by atoms with E-state index in [1.807, 2.05) is 13.0 Å². The van der Waals surface area contributed by atoms with Crippen molar-refractivity contribution >= 4 is 7.82 Å². The Morgan fingerprint density at radius 1 is 1.14 bits per heavy atom. The first-order chi connectivity index (χ1) is 6.68. The lowest BCUT2D eigenvalue weighted by molar-refractivity contribution is 0.154. The molecule has 0 aromatic carbocycles. The lowest BCUT2D eigenvalue weighted by Crippen LogP contribution is -1.96. The summed E-state index contributed by atoms with van der Waals surface area (Å²) in [7, 11) is -3.38. The van der Waals surface area contributed by atoms with Crippen molar-refractivity contribution < 1.29 is 18.1 Å². The van der Waals surface area contributed by atoms with Gasteiger partial charge in [-0.3, -0.25) is 9.05 Å². The molecule has 0 amide bonds. The molecule has 0 aromatic rings. The van der Waals surface area contributed by atoms with Gasteiger partial charge < -0.3 is 4.52 Å². The summed E-state index contributed by atoms with van der Waals surface area (Å²) in [5, 5.41) is 0. The summed E-state index contributed by atoms with van der Waals surface area (Å²) in [5.41, 5.74) is 0. The third-order valence-electron chi connectivity index (χ3n) is 1.15. The second-order valence-electron chi connectivity index (χ2n) is 2.24. The molecule has 0 aromatic heterocycles. The van der Waals surface area contributed by atoms with Crippen LogP contribution < -0.4 is 0 Å². The fourth-order valence-corrected chi connectivity index (χ4v) is 1.73. The van der Waals surface area contributed by atoms with Crippen LogP contribution in [0.2, 0.25) is 0 Å². The SMILES string of the molecule is C/C=C/C=C/OP(=O)(OCC)OCC. The van der Waals surface area contributed by atoms with Gasteiger partial charge in [0.15, 0.2) is 0 Å². The first kappa shape index (κ1) is 13.4. The van der Waals surface area contributed by atoms with Gasteiger partial charge in [0.05, 0.1) is 19.5 Å². The highest BCUT2D eigenvalue weighted by Gasteiger charge is 2.24. The summed E-state index contributed by atoms with van der Waals surface area (Å²) in [6.45, 7) is 5.90. The molecule has 4 nitrogen and oxygen atoms in total. The smallest absolute Gasteiger partial charge is 0.412 e. The zero-order valence-electron chi connectivity index (χ0n) is 8.80. The molecular formula is C9H17O4P. The van der Waals surface area contributed by atoms with E-state index in [-0.39, 0.29) is 13.2 Å². The van der Waals surface area contributed by atoms with Crippen molar-refractivity contribution in [2.45, 2.75) is 20.8 Å². The third kappa shape index (κ3) is 5.97. The minimum atomic E-state index is -3.38. The van der Waals surface area contributed by atoms with Gasteiger partial charge in [0.25, 0.3) is 0 Å². The molecule has 0 aliphatic heterocycles. The topological polar surface area (TPSA) is 44.8 Å². The van der Waals surface area contributed by atoms with Gasteiger partial charge >= 0.3 is 7.82 Å². The van der Waals surface area contributed by atoms with Gasteiger partial charge in [-0.25, -0.2) is 4.57 Å². The molecule has 0 atom stereocenters. The molecule has 0 saturated carbocycles. The Bertz CT molecular complexity index is 225. The van der Waals surface area contributed by atoms with Crippen LogP contribution in [0.15, 0.2) is 24.5 Å². The van der Waals surface area contributed by atoms with Crippen LogP contribution in [-0.2, 0) is 18.1 Å². The Morgan fingerprint density at radius 3 is 2.14 bits per heavy atom. The summed E-state index contributed by atoms with van der Waals surface area (Å²) in [4.78, 5) is 0. The van der Waals surface area contributed by atoms with Crippen molar-refractivity contribution in [3.8, 4) is 0 Å². The summed E-state index contributed by atoms with van der Waals surface area (Å²) >= 11 is 0. The molecule has 0 rings (SSSR count). The van der Waals surface area contributed by atoms with Gasteiger partial charge in [-0.1, -0.05) is 12.2 Å². The third-order valence-corrected chi connectivity index (χ3v) is 2.68. The molecule has 5 heteroatoms. The lowest BCUT2D eigenvalue weighted by atomic mass is 10.5. The summed E-state index contributed by atoms with van der Waals surface area (Å²) in [5.74, 6) is 0. The lowest BCUT2D eigenvalue weighted by Gasteiger charge is -2.13. The first-order valence-electron chi connectivity index (χ1n) is 4.53. The van der Waals surface area contributed by atoms with Crippen molar-refractivity contribution in [2.24, 2.45) is 0 Å². The van der Waals surface area contributed by atoms with Gasteiger partial charge in [0.1, 0.15) is 0 Å². The zero-order valence-corrected chi connectivity index (χ0v) is 9.70. The maximum Gasteiger partial charge on any atom is 0.529 e. The van der Waals surface area contributed by atoms with Crippen molar-refractivity contribution in [1.82, 2.24) is 0 Å². The summed E-state index contributed by atoms with van der Waals surface area (Å²) in [6.07, 6.45) is 6.49. The summed E-state index contributed by atoms with van der Waals surface area (Å²) in [6, 6.07) is 0. The molecule has 0 bridgehead atoms. The minimum Gasteiger partial charge on any atom is -0.412 e. The Labute approximate surface area is 85.2 Å². The molecule has 0 saturated heterocycles. The van der Waals surface area contributed by atoms with Crippen LogP contribution in [0.4, 0.5) is 0 Å². The van der Waals surface area contributed by atoms with E-state index < -0.39 is 7.82 Å². The second kappa shape index (κ2) is 7.80. The minimum absolute atomic E-state index is 0.286. The molecule has 0 N–H and O–H groups in total. The van der Waals surface area contributed by atoms with E-state index in [0.29, 0.717) is 0 Å². The Hall–Kier alpha value is -0.570. The van der Waals surface area contributed by atoms with E-state index in [9.17, 15) is 4.57 Å². The zero-order chi connectivity index (χ0) is 10.9. The molecule has 0 aliphatic rings. The number of rotatable bonds is 7. The fourth-order valence-electron chi connectivity index (χ4n) is 0.680. The van der Waals surface area contributed by atoms with Crippen molar-refractivity contribution in [3.05, 3.63) is 24.5 Å². The predicted molar refractivity (Wildman–Crippen MR) is 55.9 cm³/mol. The van der Waals surface area contributed by atoms with E-state index in [2.05, 4.69) is 0 Å². The standard InChI is InChI=1S/C9H17O4P/c1-4-7-8-9-13-14(10,11-5-2)12-6-3/h4,7-9H,5-6H2,1-3H3/b7-4+,9-8+. The van der Waals surface area contributed by atoms with E-state index >= 15 is 0 Å². The molecule has 0 spiro atoms. The molecular weight excluding hydrogens is 203 g/mol. The van der Waals surface area contributed by atoms with Gasteiger partial charge in [0, 0.05) is 0 Å². The van der Waals surface area contributed by atoms with Crippen LogP contribution in [0.3, 0.4) is 0 Å². The van der Waals surface area contributed by atoms with E-state index in [1.54, 1.807) is 26.0 Å². The highest BCUT2D eigenvalue weighted by atomic mass is 31.2. The van der Waals surface area contributed by atoms with E-state index in [0.717, 1.165) is 0 Å². The van der Waals surface area contributed by atoms with Crippen LogP contribution in [0.5, 0.6) is 0 Å². The van der Waals surface area contributed by atoms with Crippen LogP contribution >= 0.6 is 7.82 Å².